The van der Waals surface area contributed by atoms with Crippen LogP contribution in [0.1, 0.15) is 124 Å². The number of halogens is 4. The molecule has 12 fully saturated rings. The normalized spacial score (nSPS) is 23.0. The number of nitrogens with one attached hydrogen (secondary N) is 4. The number of nitrogen functional groups attached to an aromatic ring is 1. The van der Waals surface area contributed by atoms with E-state index in [1.165, 1.54) is 69.7 Å². The maximum atomic E-state index is 14.6. The van der Waals surface area contributed by atoms with Crippen LogP contribution in [-0.2, 0) is 18.9 Å². The summed E-state index contributed by atoms with van der Waals surface area (Å²) in [5, 5.41) is 70.0. The van der Waals surface area contributed by atoms with Crippen LogP contribution < -0.4 is 41.7 Å². The standard InChI is InChI=1S/C26H32FN7O.C14H20ClFN4.C12H11N3O3.C12H13N3O.C7H3FN2O2.C5H9NO.3CH4/c1-25(2)10-19(9-20-4-3-7-34(20)25)30-23-21(27)12-29-24(32-23)31-18-5-6-22(17(8-18)11-28)33-13-26(14-33)15-35-16-26;1-14(2)7-9(6-10-4-3-5-20(10)14)18-12-11(16)8-17-13(15)19-12;13-4-9-3-10(15(16)17)1-2-11(9)14-5-12(6-14)7-18-8-12;13-4-9-3-10(14)1-2-11(9)15-5-12(6-15)7-16-8-12;8-7-2-1-6(10(11)12)3-5(7)4-9;1-5(2-6-1)3-7-4-5;;;/h5-6,8,12,19-20H,3-4,7,9-10,13-16H2,1-2H3,(H2,29,30,31,32);8-10H,3-7H2,1-2H3,(H,17,18,19);1-3H,5-8H2;1-3H,5-8,14H2;1-3H;6H,1-4H2;3*1H4/t19?,20-;9?,10-;;;;;;;/m00......./s1. The number of nitro benzene ring substituents is 2. The van der Waals surface area contributed by atoms with E-state index in [1.54, 1.807) is 18.2 Å². The Morgan fingerprint density at radius 3 is 1.37 bits per heavy atom. The van der Waals surface area contributed by atoms with E-state index in [4.69, 9.17) is 52.1 Å². The van der Waals surface area contributed by atoms with Gasteiger partial charge in [0.25, 0.3) is 11.4 Å². The number of rotatable bonds is 11. The summed E-state index contributed by atoms with van der Waals surface area (Å²) in [4.78, 5) is 47.5. The molecule has 4 spiro atoms. The third-order valence-corrected chi connectivity index (χ3v) is 22.8. The van der Waals surface area contributed by atoms with Crippen molar-refractivity contribution < 1.29 is 42.0 Å². The summed E-state index contributed by atoms with van der Waals surface area (Å²) in [5.74, 6) is -0.901. The van der Waals surface area contributed by atoms with Gasteiger partial charge in [-0.15, -0.1) is 0 Å². The van der Waals surface area contributed by atoms with Gasteiger partial charge in [0.15, 0.2) is 23.3 Å². The van der Waals surface area contributed by atoms with Gasteiger partial charge in [-0.25, -0.2) is 23.1 Å². The van der Waals surface area contributed by atoms with Gasteiger partial charge in [-0.05, 0) is 152 Å². The summed E-state index contributed by atoms with van der Waals surface area (Å²) >= 11 is 5.74. The lowest BCUT2D eigenvalue weighted by molar-refractivity contribution is -0.385. The zero-order valence-electron chi connectivity index (χ0n) is 60.8. The fourth-order valence-corrected chi connectivity index (χ4v) is 17.1. The van der Waals surface area contributed by atoms with Crippen molar-refractivity contribution in [3.05, 3.63) is 150 Å². The number of nitrogens with zero attached hydrogens (tertiary/aromatic N) is 15. The smallest absolute Gasteiger partial charge is 0.270 e. The van der Waals surface area contributed by atoms with E-state index in [0.717, 1.165) is 166 Å². The number of anilines is 8. The lowest BCUT2D eigenvalue weighted by Crippen LogP contribution is -2.66. The lowest BCUT2D eigenvalue weighted by Gasteiger charge is -2.56. The molecule has 32 heteroatoms. The third kappa shape index (κ3) is 18.6. The van der Waals surface area contributed by atoms with Gasteiger partial charge in [-0.1, -0.05) is 22.3 Å². The van der Waals surface area contributed by atoms with Gasteiger partial charge in [0.05, 0.1) is 131 Å². The zero-order chi connectivity index (χ0) is 76.3. The highest BCUT2D eigenvalue weighted by atomic mass is 35.5. The summed E-state index contributed by atoms with van der Waals surface area (Å²) < 4.78 is 61.8. The molecule has 111 heavy (non-hydrogen) atoms. The second kappa shape index (κ2) is 34.4. The number of nitrogens with two attached hydrogens (primary N) is 1. The molecule has 12 aliphatic rings. The van der Waals surface area contributed by atoms with E-state index in [-0.39, 0.29) is 90.1 Å². The summed E-state index contributed by atoms with van der Waals surface area (Å²) in [7, 11) is 0. The van der Waals surface area contributed by atoms with Crippen LogP contribution in [0.3, 0.4) is 0 Å². The van der Waals surface area contributed by atoms with Crippen LogP contribution in [0.2, 0.25) is 5.28 Å². The first-order chi connectivity index (χ1) is 51.7. The molecule has 0 amide bonds. The Morgan fingerprint density at radius 2 is 0.955 bits per heavy atom. The molecule has 6 N–H and O–H groups in total. The van der Waals surface area contributed by atoms with Crippen LogP contribution in [0.4, 0.5) is 70.6 Å². The van der Waals surface area contributed by atoms with Crippen LogP contribution in [-0.4, -0.2) is 193 Å². The predicted molar refractivity (Wildman–Crippen MR) is 418 cm³/mol. The first kappa shape index (κ1) is 83.7. The number of aromatic nitrogens is 4. The van der Waals surface area contributed by atoms with Crippen molar-refractivity contribution in [2.45, 2.75) is 137 Å². The van der Waals surface area contributed by atoms with Crippen molar-refractivity contribution in [3.63, 3.8) is 0 Å². The van der Waals surface area contributed by atoms with E-state index in [0.29, 0.717) is 56.9 Å². The van der Waals surface area contributed by atoms with Crippen LogP contribution in [0.25, 0.3) is 0 Å². The minimum atomic E-state index is -0.747. The van der Waals surface area contributed by atoms with Gasteiger partial charge >= 0.3 is 0 Å². The highest BCUT2D eigenvalue weighted by Gasteiger charge is 2.52. The number of nitriles is 4. The summed E-state index contributed by atoms with van der Waals surface area (Å²) in [5.41, 5.74) is 12.4. The molecule has 592 valence electrons. The SMILES string of the molecule is C.C.C.C1NCC12COC2.CC1(C)CC(Nc2nc(Cl)ncc2F)C[C@@H]2CCCN21.CC1(C)CC(Nc2nc(Nc3ccc(N4CC5(COC5)C4)c(C#N)c3)ncc2F)C[C@@H]2CCCN21.N#Cc1cc(N)ccc1N1CC2(COC2)C1.N#Cc1cc([N+](=O)[O-])ccc1F.N#Cc1cc([N+](=O)[O-])ccc1N1CC2(COC2)C1. The monoisotopic (exact) mass is 1550 g/mol. The number of nitro groups is 2. The molecule has 14 heterocycles. The highest BCUT2D eigenvalue weighted by molar-refractivity contribution is 6.28. The molecule has 4 aromatic carbocycles. The van der Waals surface area contributed by atoms with Crippen LogP contribution >= 0.6 is 11.6 Å². The Bertz CT molecular complexity index is 4490. The molecule has 0 saturated carbocycles. The van der Waals surface area contributed by atoms with Crippen molar-refractivity contribution in [2.24, 2.45) is 21.7 Å². The first-order valence-electron chi connectivity index (χ1n) is 36.4. The van der Waals surface area contributed by atoms with Gasteiger partial charge in [0, 0.05) is 129 Å². The molecule has 12 aliphatic heterocycles. The van der Waals surface area contributed by atoms with E-state index < -0.39 is 27.3 Å². The number of benzene rings is 4. The summed E-state index contributed by atoms with van der Waals surface area (Å²) in [6, 6.07) is 28.0. The second-order valence-electron chi connectivity index (χ2n) is 32.0. The minimum absolute atomic E-state index is 0. The molecule has 12 saturated heterocycles. The Labute approximate surface area is 651 Å². The quantitative estimate of drug-likeness (QED) is 0.0348. The van der Waals surface area contributed by atoms with Crippen molar-refractivity contribution in [1.82, 2.24) is 35.1 Å². The Balaban J connectivity index is 0.000000150. The molecule has 2 aromatic heterocycles. The second-order valence-corrected chi connectivity index (χ2v) is 32.3. The van der Waals surface area contributed by atoms with Gasteiger partial charge in [-0.2, -0.15) is 31.0 Å². The molecule has 0 aliphatic carbocycles. The highest BCUT2D eigenvalue weighted by Crippen LogP contribution is 2.46. The van der Waals surface area contributed by atoms with Crippen LogP contribution in [0.15, 0.2) is 85.2 Å². The molecule has 6 aromatic rings. The van der Waals surface area contributed by atoms with Crippen molar-refractivity contribution in [3.8, 4) is 24.3 Å². The minimum Gasteiger partial charge on any atom is -0.399 e. The number of hydrogen-bond acceptors (Lipinski definition) is 26. The van der Waals surface area contributed by atoms with Crippen molar-refractivity contribution in [2.75, 3.05) is 155 Å². The number of non-ortho nitro benzene ring substituents is 2. The maximum absolute atomic E-state index is 14.6. The molecular formula is C79H100ClF3N20O8. The van der Waals surface area contributed by atoms with Crippen molar-refractivity contribution >= 4 is 69.0 Å². The Hall–Kier alpha value is -9.80. The van der Waals surface area contributed by atoms with E-state index in [2.05, 4.69) is 106 Å². The molecule has 18 rings (SSSR count). The predicted octanol–water partition coefficient (Wildman–Crippen LogP) is 12.4. The number of ether oxygens (including phenoxy) is 4. The van der Waals surface area contributed by atoms with Gasteiger partial charge in [0.2, 0.25) is 11.2 Å². The first-order valence-corrected chi connectivity index (χ1v) is 36.8. The molecule has 28 nitrogen and oxygen atoms in total. The topological polar surface area (TPSA) is 360 Å². The zero-order valence-corrected chi connectivity index (χ0v) is 61.6. The molecule has 4 atom stereocenters. The fourth-order valence-electron chi connectivity index (χ4n) is 16.9. The van der Waals surface area contributed by atoms with Gasteiger partial charge in [0.1, 0.15) is 30.1 Å². The van der Waals surface area contributed by atoms with E-state index in [9.17, 15) is 38.7 Å². The lowest BCUT2D eigenvalue weighted by atomic mass is 9.77. The third-order valence-electron chi connectivity index (χ3n) is 22.6. The molecule has 0 bridgehead atoms. The van der Waals surface area contributed by atoms with Crippen LogP contribution in [0.5, 0.6) is 0 Å². The maximum Gasteiger partial charge on any atom is 0.270 e. The largest absolute Gasteiger partial charge is 0.399 e. The van der Waals surface area contributed by atoms with Gasteiger partial charge in [-0.3, -0.25) is 30.0 Å². The number of fused-ring (bicyclic) bond motifs is 2. The summed E-state index contributed by atoms with van der Waals surface area (Å²) in [6.07, 6.45) is 11.2. The van der Waals surface area contributed by atoms with E-state index >= 15 is 0 Å². The molecule has 2 unspecified atom stereocenters. The van der Waals surface area contributed by atoms with E-state index in [1.807, 2.05) is 30.3 Å². The van der Waals surface area contributed by atoms with Gasteiger partial charge < -0.3 is 60.6 Å². The summed E-state index contributed by atoms with van der Waals surface area (Å²) in [6.45, 7) is 26.2. The fraction of sp³-hybridized carbons (Fsp3) is 0.544. The van der Waals surface area contributed by atoms with Crippen LogP contribution in [0, 0.1) is 105 Å². The Morgan fingerprint density at radius 1 is 0.550 bits per heavy atom. The van der Waals surface area contributed by atoms with Crippen molar-refractivity contribution in [1.29, 1.82) is 21.0 Å². The molecule has 0 radical (unpaired) electrons. The average molecular weight is 1550 g/mol. The number of hydrogen-bond donors (Lipinski definition) is 5. The average Bonchev–Trinajstić information content (AvgIpc) is 1.47. The Kier molecular flexibility index (Phi) is 26.0. The molecular weight excluding hydrogens is 1450 g/mol. The number of piperidine rings is 2.